The average molecular weight is 1570 g/mol. The van der Waals surface area contributed by atoms with Gasteiger partial charge >= 0.3 is 54.2 Å². The first-order valence-corrected chi connectivity index (χ1v) is 31.7. The quantitative estimate of drug-likeness (QED) is 0.128. The number of hydrogen-bond acceptors (Lipinski definition) is 8. The van der Waals surface area contributed by atoms with Crippen LogP contribution in [0.2, 0.25) is 0 Å². The summed E-state index contributed by atoms with van der Waals surface area (Å²) >= 11 is 0. The second-order valence-corrected chi connectivity index (χ2v) is 24.9. The Labute approximate surface area is 577 Å². The molecule has 14 aromatic rings. The van der Waals surface area contributed by atoms with Gasteiger partial charge in [-0.05, 0) is 97.1 Å². The summed E-state index contributed by atoms with van der Waals surface area (Å²) in [5.74, 6) is 0.904. The summed E-state index contributed by atoms with van der Waals surface area (Å²) in [6.07, 6.45) is 3.79. The van der Waals surface area contributed by atoms with E-state index in [1.54, 1.807) is 0 Å². The smallest absolute Gasteiger partial charge is 0.504 e. The molecule has 0 radical (unpaired) electrons. The van der Waals surface area contributed by atoms with Gasteiger partial charge in [0.25, 0.3) is 0 Å². The molecule has 20 rings (SSSR count). The first-order chi connectivity index (χ1) is 45.2. The number of rotatable bonds is 4. The van der Waals surface area contributed by atoms with Crippen molar-refractivity contribution in [3.8, 4) is 22.5 Å². The summed E-state index contributed by atoms with van der Waals surface area (Å²) in [4.78, 5) is 23.2. The maximum Gasteiger partial charge on any atom is 3.00 e. The van der Waals surface area contributed by atoms with Crippen LogP contribution in [0.15, 0.2) is 243 Å². The molecule has 6 aliphatic heterocycles. The van der Waals surface area contributed by atoms with Crippen LogP contribution in [0.5, 0.6) is 0 Å². The Morgan fingerprint density at radius 2 is 0.766 bits per heavy atom. The second kappa shape index (κ2) is 24.3. The fourth-order valence-corrected chi connectivity index (χ4v) is 14.6. The molecule has 0 unspecified atom stereocenters. The van der Waals surface area contributed by atoms with E-state index in [1.807, 2.05) is 48.8 Å². The predicted octanol–water partition coefficient (Wildman–Crippen LogP) is 17.4. The summed E-state index contributed by atoms with van der Waals surface area (Å²) in [5.41, 5.74) is 26.4. The molecule has 4 aromatic heterocycles. The molecule has 0 atom stereocenters. The van der Waals surface area contributed by atoms with E-state index in [-0.39, 0.29) is 54.2 Å². The molecule has 0 N–H and O–H groups in total. The molecule has 0 aliphatic carbocycles. The van der Waals surface area contributed by atoms with Gasteiger partial charge < -0.3 is 48.1 Å². The molecule has 0 saturated heterocycles. The minimum absolute atomic E-state index is 0. The number of hydrogen-bond donors (Lipinski definition) is 0. The summed E-state index contributed by atoms with van der Waals surface area (Å²) in [6, 6.07) is 94.7. The molecule has 10 nitrogen and oxygen atoms in total. The SMILES string of the molecule is CC(C)c1c[c-]c2c(c1)N1B(c3cccnc3-2)n2c3ccccc3c3cccc1c32.CC(C)c1c[c-]c2c(c1)N1B(c3cccnc3-2)n2c3ccccc3c3cccc1c32.CN1[CH-]N(c2[c-]cccc2)c2ccccc21.CN1[CH-]N(c2[c-]cccc2)c2ccccc21.[Ir+3].[Ir+3]. The largest absolute Gasteiger partial charge is 3.00 e. The Kier molecular flexibility index (Phi) is 15.7. The molecule has 94 heavy (non-hydrogen) atoms. The van der Waals surface area contributed by atoms with Gasteiger partial charge in [0.1, 0.15) is 0 Å². The number of nitrogens with zero attached hydrogens (tertiary/aromatic N) is 10. The van der Waals surface area contributed by atoms with E-state index in [0.29, 0.717) is 11.8 Å². The summed E-state index contributed by atoms with van der Waals surface area (Å²) in [5, 5.41) is 5.25. The third kappa shape index (κ3) is 9.59. The zero-order chi connectivity index (χ0) is 61.9. The minimum atomic E-state index is 0. The Bertz CT molecular complexity index is 4890. The van der Waals surface area contributed by atoms with Crippen molar-refractivity contribution in [1.82, 2.24) is 18.9 Å². The van der Waals surface area contributed by atoms with Gasteiger partial charge in [-0.15, -0.1) is 70.0 Å². The number of benzene rings is 10. The standard InChI is InChI=1S/2C26H19BN3.2C14H12N2.2Ir/c2*1-16(2)17-12-13-20-24(15-17)29-23-11-5-8-19-18-7-3-4-10-22(18)30(26(19)23)27(29)21-9-6-14-28-25(20)21;2*1-15-11-16(12-7-3-2-4-8-12)14-10-6-5-9-13(14)15;;/h2*3-12,14-16H,1-2H3;2*2-7,9-11H,1H3;;/q2*-1;2*-2;2*+3. The van der Waals surface area contributed by atoms with Gasteiger partial charge in [0, 0.05) is 79.1 Å². The van der Waals surface area contributed by atoms with E-state index in [0.717, 1.165) is 33.9 Å². The Balaban J connectivity index is 0.000000107. The van der Waals surface area contributed by atoms with Gasteiger partial charge in [-0.2, -0.15) is 74.0 Å². The third-order valence-electron chi connectivity index (χ3n) is 18.9. The fourth-order valence-electron chi connectivity index (χ4n) is 14.6. The van der Waals surface area contributed by atoms with Gasteiger partial charge in [0.15, 0.2) is 0 Å². The Morgan fingerprint density at radius 1 is 0.383 bits per heavy atom. The molecular formula is C80H62B2Ir2N10. The van der Waals surface area contributed by atoms with Crippen LogP contribution in [-0.2, 0) is 40.2 Å². The molecule has 10 aromatic carbocycles. The van der Waals surface area contributed by atoms with Gasteiger partial charge in [-0.1, -0.05) is 148 Å². The first kappa shape index (κ1) is 60.6. The van der Waals surface area contributed by atoms with Crippen molar-refractivity contribution in [1.29, 1.82) is 0 Å². The van der Waals surface area contributed by atoms with Crippen LogP contribution in [0, 0.1) is 37.6 Å². The monoisotopic (exact) mass is 1570 g/mol. The number of fused-ring (bicyclic) bond motifs is 24. The van der Waals surface area contributed by atoms with E-state index in [1.165, 1.54) is 111 Å². The molecule has 0 saturated carbocycles. The van der Waals surface area contributed by atoms with Crippen LogP contribution in [0.1, 0.15) is 50.7 Å². The summed E-state index contributed by atoms with van der Waals surface area (Å²) in [7, 11) is 4.11. The minimum Gasteiger partial charge on any atom is -0.504 e. The molecular weight excluding hydrogens is 1510 g/mol. The maximum atomic E-state index is 4.82. The Hall–Kier alpha value is -9.67. The van der Waals surface area contributed by atoms with Crippen molar-refractivity contribution in [2.45, 2.75) is 39.5 Å². The average Bonchev–Trinajstić information content (AvgIpc) is 1.52. The van der Waals surface area contributed by atoms with Crippen molar-refractivity contribution in [2.24, 2.45) is 0 Å². The second-order valence-electron chi connectivity index (χ2n) is 24.9. The van der Waals surface area contributed by atoms with E-state index in [2.05, 4.69) is 312 Å². The van der Waals surface area contributed by atoms with Crippen LogP contribution < -0.4 is 40.1 Å². The number of para-hydroxylation sites is 10. The molecule has 6 aliphatic rings. The van der Waals surface area contributed by atoms with Gasteiger partial charge in [-0.25, -0.2) is 0 Å². The summed E-state index contributed by atoms with van der Waals surface area (Å²) in [6.45, 7) is 13.3. The van der Waals surface area contributed by atoms with Crippen LogP contribution in [0.4, 0.5) is 56.9 Å². The Morgan fingerprint density at radius 3 is 1.18 bits per heavy atom. The number of pyridine rings is 2. The van der Waals surface area contributed by atoms with Crippen LogP contribution >= 0.6 is 0 Å². The molecule has 0 fully saturated rings. The van der Waals surface area contributed by atoms with E-state index >= 15 is 0 Å². The summed E-state index contributed by atoms with van der Waals surface area (Å²) < 4.78 is 5.01. The number of aromatic nitrogens is 4. The molecule has 456 valence electrons. The third-order valence-corrected chi connectivity index (χ3v) is 18.9. The van der Waals surface area contributed by atoms with Gasteiger partial charge in [0.05, 0.1) is 11.0 Å². The predicted molar refractivity (Wildman–Crippen MR) is 383 cm³/mol. The van der Waals surface area contributed by atoms with Crippen molar-refractivity contribution in [2.75, 3.05) is 43.3 Å². The molecule has 0 spiro atoms. The first-order valence-electron chi connectivity index (χ1n) is 31.7. The fraction of sp³-hybridized carbons (Fsp3) is 0.100. The van der Waals surface area contributed by atoms with Crippen molar-refractivity contribution < 1.29 is 40.2 Å². The van der Waals surface area contributed by atoms with E-state index < -0.39 is 0 Å². The maximum absolute atomic E-state index is 4.82. The molecule has 10 heterocycles. The van der Waals surface area contributed by atoms with Crippen molar-refractivity contribution in [3.63, 3.8) is 0 Å². The van der Waals surface area contributed by atoms with Crippen LogP contribution in [0.25, 0.3) is 66.1 Å². The molecule has 14 heteroatoms. The van der Waals surface area contributed by atoms with E-state index in [4.69, 9.17) is 9.97 Å². The van der Waals surface area contributed by atoms with Gasteiger partial charge in [0.2, 0.25) is 0 Å². The molecule has 0 bridgehead atoms. The van der Waals surface area contributed by atoms with Crippen molar-refractivity contribution in [3.05, 3.63) is 292 Å². The van der Waals surface area contributed by atoms with Crippen molar-refractivity contribution >= 4 is 125 Å². The van der Waals surface area contributed by atoms with Crippen LogP contribution in [-0.4, -0.2) is 47.0 Å². The zero-order valence-corrected chi connectivity index (χ0v) is 57.5. The normalized spacial score (nSPS) is 13.6. The molecule has 0 amide bonds. The van der Waals surface area contributed by atoms with E-state index in [9.17, 15) is 0 Å². The zero-order valence-electron chi connectivity index (χ0n) is 52.7. The topological polar surface area (TPSA) is 55.1 Å². The number of anilines is 10. The van der Waals surface area contributed by atoms with Crippen LogP contribution in [0.3, 0.4) is 0 Å². The van der Waals surface area contributed by atoms with Gasteiger partial charge in [-0.3, -0.25) is 0 Å².